The molecule has 1 N–H and O–H groups in total. The second kappa shape index (κ2) is 7.27. The Morgan fingerprint density at radius 2 is 1.96 bits per heavy atom. The number of thioether (sulfide) groups is 1. The van der Waals surface area contributed by atoms with Crippen molar-refractivity contribution in [3.8, 4) is 5.75 Å². The van der Waals surface area contributed by atoms with Gasteiger partial charge in [0.2, 0.25) is 11.8 Å². The van der Waals surface area contributed by atoms with Crippen LogP contribution in [0.15, 0.2) is 54.6 Å². The quantitative estimate of drug-likeness (QED) is 0.864. The van der Waals surface area contributed by atoms with E-state index in [4.69, 9.17) is 4.74 Å². The van der Waals surface area contributed by atoms with Gasteiger partial charge in [0, 0.05) is 24.3 Å². The highest BCUT2D eigenvalue weighted by Crippen LogP contribution is 2.54. The first-order chi connectivity index (χ1) is 13.2. The minimum Gasteiger partial charge on any atom is -0.496 e. The van der Waals surface area contributed by atoms with Crippen LogP contribution < -0.4 is 10.1 Å². The van der Waals surface area contributed by atoms with Gasteiger partial charge in [0.25, 0.3) is 0 Å². The molecule has 2 amide bonds. The third-order valence-electron chi connectivity index (χ3n) is 5.30. The number of amides is 2. The smallest absolute Gasteiger partial charge is 0.244 e. The maximum Gasteiger partial charge on any atom is 0.244 e. The normalized spacial score (nSPS) is 24.0. The predicted molar refractivity (Wildman–Crippen MR) is 105 cm³/mol. The van der Waals surface area contributed by atoms with E-state index >= 15 is 0 Å². The first-order valence-electron chi connectivity index (χ1n) is 9.07. The van der Waals surface area contributed by atoms with Crippen LogP contribution >= 0.6 is 11.8 Å². The molecule has 6 heteroatoms. The van der Waals surface area contributed by atoms with E-state index in [-0.39, 0.29) is 11.8 Å². The number of carbonyl (C=O) groups is 2. The van der Waals surface area contributed by atoms with Gasteiger partial charge in [-0.15, -0.1) is 11.8 Å². The maximum atomic E-state index is 12.9. The minimum atomic E-state index is -0.445. The number of fused-ring (bicyclic) bond motifs is 1. The summed E-state index contributed by atoms with van der Waals surface area (Å²) in [4.78, 5) is 27.0. The largest absolute Gasteiger partial charge is 0.496 e. The van der Waals surface area contributed by atoms with Crippen molar-refractivity contribution in [3.63, 3.8) is 0 Å². The summed E-state index contributed by atoms with van der Waals surface area (Å²) in [6.07, 6.45) is 1.23. The number of nitrogens with zero attached hydrogens (tertiary/aromatic N) is 1. The summed E-state index contributed by atoms with van der Waals surface area (Å²) in [5.74, 6) is 1.30. The van der Waals surface area contributed by atoms with E-state index in [1.165, 1.54) is 0 Å². The van der Waals surface area contributed by atoms with Crippen molar-refractivity contribution in [2.75, 3.05) is 12.9 Å². The Hall–Kier alpha value is -2.47. The molecule has 0 aliphatic carbocycles. The van der Waals surface area contributed by atoms with Crippen LogP contribution in [0.1, 0.15) is 24.0 Å². The highest BCUT2D eigenvalue weighted by Gasteiger charge is 2.56. The third kappa shape index (κ3) is 3.08. The zero-order valence-corrected chi connectivity index (χ0v) is 16.0. The minimum absolute atomic E-state index is 0.0568. The Bertz CT molecular complexity index is 858. The molecule has 2 saturated heterocycles. The number of hydrogen-bond acceptors (Lipinski definition) is 4. The molecule has 0 aromatic heterocycles. The average molecular weight is 382 g/mol. The molecule has 27 heavy (non-hydrogen) atoms. The monoisotopic (exact) mass is 382 g/mol. The summed E-state index contributed by atoms with van der Waals surface area (Å²) >= 11 is 1.70. The molecule has 140 valence electrons. The number of para-hydroxylation sites is 1. The Labute approximate surface area is 163 Å². The van der Waals surface area contributed by atoms with E-state index in [0.29, 0.717) is 18.7 Å². The van der Waals surface area contributed by atoms with Crippen molar-refractivity contribution in [1.82, 2.24) is 10.2 Å². The van der Waals surface area contributed by atoms with Crippen LogP contribution in [0.25, 0.3) is 0 Å². The number of carbonyl (C=O) groups excluding carboxylic acids is 2. The van der Waals surface area contributed by atoms with Crippen LogP contribution in [0.3, 0.4) is 0 Å². The highest BCUT2D eigenvalue weighted by atomic mass is 32.2. The highest BCUT2D eigenvalue weighted by molar-refractivity contribution is 8.00. The SMILES string of the molecule is COc1ccccc1CNC(=O)C1CSC2(c3ccccc3)CCC(=O)N12. The molecule has 4 rings (SSSR count). The Balaban J connectivity index is 1.53. The van der Waals surface area contributed by atoms with Crippen molar-refractivity contribution >= 4 is 23.6 Å². The van der Waals surface area contributed by atoms with Gasteiger partial charge in [0.05, 0.1) is 7.11 Å². The van der Waals surface area contributed by atoms with Crippen molar-refractivity contribution in [3.05, 3.63) is 65.7 Å². The van der Waals surface area contributed by atoms with Gasteiger partial charge < -0.3 is 15.0 Å². The molecular weight excluding hydrogens is 360 g/mol. The Kier molecular flexibility index (Phi) is 4.83. The molecule has 0 saturated carbocycles. The molecule has 2 aliphatic rings. The van der Waals surface area contributed by atoms with Gasteiger partial charge in [-0.2, -0.15) is 0 Å². The fourth-order valence-corrected chi connectivity index (χ4v) is 5.64. The number of hydrogen-bond donors (Lipinski definition) is 1. The van der Waals surface area contributed by atoms with Crippen LogP contribution in [0.2, 0.25) is 0 Å². The summed E-state index contributed by atoms with van der Waals surface area (Å²) in [7, 11) is 1.62. The number of ether oxygens (including phenoxy) is 1. The Morgan fingerprint density at radius 3 is 2.74 bits per heavy atom. The van der Waals surface area contributed by atoms with E-state index in [1.807, 2.05) is 59.5 Å². The molecule has 5 nitrogen and oxygen atoms in total. The van der Waals surface area contributed by atoms with Gasteiger partial charge in [-0.1, -0.05) is 48.5 Å². The standard InChI is InChI=1S/C21H22N2O3S/c1-26-18-10-6-5-7-15(18)13-22-20(25)17-14-27-21(12-11-19(24)23(17)21)16-8-3-2-4-9-16/h2-10,17H,11-14H2,1H3,(H,22,25). The zero-order valence-electron chi connectivity index (χ0n) is 15.2. The second-order valence-electron chi connectivity index (χ2n) is 6.77. The molecule has 2 unspecified atom stereocenters. The van der Waals surface area contributed by atoms with E-state index in [9.17, 15) is 9.59 Å². The number of nitrogens with one attached hydrogen (secondary N) is 1. The zero-order chi connectivity index (χ0) is 18.9. The molecule has 2 aliphatic heterocycles. The molecule has 2 aromatic rings. The molecule has 2 atom stereocenters. The maximum absolute atomic E-state index is 12.9. The number of methoxy groups -OCH3 is 1. The molecule has 2 fully saturated rings. The van der Waals surface area contributed by atoms with Gasteiger partial charge in [-0.3, -0.25) is 9.59 Å². The summed E-state index contributed by atoms with van der Waals surface area (Å²) in [5, 5.41) is 2.99. The van der Waals surface area contributed by atoms with Gasteiger partial charge in [-0.25, -0.2) is 0 Å². The fraction of sp³-hybridized carbons (Fsp3) is 0.333. The van der Waals surface area contributed by atoms with E-state index in [0.717, 1.165) is 23.3 Å². The topological polar surface area (TPSA) is 58.6 Å². The lowest BCUT2D eigenvalue weighted by molar-refractivity contribution is -0.138. The average Bonchev–Trinajstić information content (AvgIpc) is 3.26. The fourth-order valence-electron chi connectivity index (χ4n) is 3.98. The van der Waals surface area contributed by atoms with E-state index in [2.05, 4.69) is 5.32 Å². The first kappa shape index (κ1) is 17.9. The summed E-state index contributed by atoms with van der Waals surface area (Å²) < 4.78 is 5.34. The van der Waals surface area contributed by atoms with E-state index in [1.54, 1.807) is 18.9 Å². The van der Waals surface area contributed by atoms with Gasteiger partial charge in [-0.05, 0) is 18.1 Å². The molecular formula is C21H22N2O3S. The van der Waals surface area contributed by atoms with Gasteiger partial charge in [0.15, 0.2) is 0 Å². The van der Waals surface area contributed by atoms with E-state index < -0.39 is 10.9 Å². The lowest BCUT2D eigenvalue weighted by Gasteiger charge is -2.34. The third-order valence-corrected chi connectivity index (χ3v) is 6.90. The molecule has 0 spiro atoms. The van der Waals surface area contributed by atoms with Crippen molar-refractivity contribution < 1.29 is 14.3 Å². The van der Waals surface area contributed by atoms with Gasteiger partial charge in [0.1, 0.15) is 16.7 Å². The van der Waals surface area contributed by atoms with Crippen LogP contribution in [0, 0.1) is 0 Å². The number of benzene rings is 2. The number of rotatable bonds is 5. The van der Waals surface area contributed by atoms with Crippen LogP contribution in [-0.2, 0) is 21.0 Å². The Morgan fingerprint density at radius 1 is 1.22 bits per heavy atom. The lowest BCUT2D eigenvalue weighted by Crippen LogP contribution is -2.49. The summed E-state index contributed by atoms with van der Waals surface area (Å²) in [6, 6.07) is 17.2. The summed E-state index contributed by atoms with van der Waals surface area (Å²) in [5.41, 5.74) is 2.02. The lowest BCUT2D eigenvalue weighted by atomic mass is 10.0. The van der Waals surface area contributed by atoms with Crippen LogP contribution in [-0.4, -0.2) is 35.6 Å². The van der Waals surface area contributed by atoms with Gasteiger partial charge >= 0.3 is 0 Å². The first-order valence-corrected chi connectivity index (χ1v) is 10.1. The van der Waals surface area contributed by atoms with Crippen molar-refractivity contribution in [2.45, 2.75) is 30.3 Å². The second-order valence-corrected chi connectivity index (χ2v) is 8.07. The van der Waals surface area contributed by atoms with Crippen molar-refractivity contribution in [2.24, 2.45) is 0 Å². The molecule has 0 bridgehead atoms. The van der Waals surface area contributed by atoms with Crippen LogP contribution in [0.5, 0.6) is 5.75 Å². The molecule has 2 heterocycles. The summed E-state index contributed by atoms with van der Waals surface area (Å²) in [6.45, 7) is 0.379. The predicted octanol–water partition coefficient (Wildman–Crippen LogP) is 2.90. The molecule has 0 radical (unpaired) electrons. The molecule has 2 aromatic carbocycles. The van der Waals surface area contributed by atoms with Crippen molar-refractivity contribution in [1.29, 1.82) is 0 Å². The van der Waals surface area contributed by atoms with Crippen LogP contribution in [0.4, 0.5) is 0 Å².